The van der Waals surface area contributed by atoms with Crippen LogP contribution in [0.4, 0.5) is 0 Å². The van der Waals surface area contributed by atoms with Crippen molar-refractivity contribution in [3.63, 3.8) is 0 Å². The van der Waals surface area contributed by atoms with Crippen LogP contribution >= 0.6 is 0 Å². The maximum atomic E-state index is 10.7. The zero-order valence-electron chi connectivity index (χ0n) is 13.5. The van der Waals surface area contributed by atoms with Gasteiger partial charge in [0.15, 0.2) is 11.5 Å². The molecule has 0 amide bonds. The van der Waals surface area contributed by atoms with Gasteiger partial charge in [-0.3, -0.25) is 0 Å². The predicted molar refractivity (Wildman–Crippen MR) is 86.5 cm³/mol. The molecular weight excluding hydrogens is 284 g/mol. The number of hydrogen-bond acceptors (Lipinski definition) is 3. The molecule has 0 aliphatic carbocycles. The minimum absolute atomic E-state index is 0.0904. The fourth-order valence-corrected chi connectivity index (χ4v) is 2.59. The number of aliphatic carboxylic acids is 1. The lowest BCUT2D eigenvalue weighted by Crippen LogP contribution is -2.17. The van der Waals surface area contributed by atoms with Gasteiger partial charge in [-0.1, -0.05) is 32.9 Å². The fraction of sp³-hybridized carbons (Fsp3) is 0.438. The minimum Gasteiger partial charge on any atom is -0.540 e. The topological polar surface area (TPSA) is 55.8 Å². The largest absolute Gasteiger partial charge is 0.540 e. The van der Waals surface area contributed by atoms with Crippen molar-refractivity contribution in [2.45, 2.75) is 39.3 Å². The van der Waals surface area contributed by atoms with Gasteiger partial charge in [-0.2, -0.15) is 0 Å². The Kier molecular flexibility index (Phi) is 5.60. The summed E-state index contributed by atoms with van der Waals surface area (Å²) in [6, 6.07) is 3.84. The van der Waals surface area contributed by atoms with Crippen LogP contribution in [0.1, 0.15) is 31.9 Å². The summed E-state index contributed by atoms with van der Waals surface area (Å²) in [5.41, 5.74) is 1.66. The molecule has 1 aromatic carbocycles. The molecule has 1 radical (unpaired) electrons. The van der Waals surface area contributed by atoms with Gasteiger partial charge in [0.2, 0.25) is 0 Å². The molecule has 5 heteroatoms. The Balaban J connectivity index is 3.49. The zero-order valence-corrected chi connectivity index (χ0v) is 14.5. The molecule has 0 saturated heterocycles. The van der Waals surface area contributed by atoms with Gasteiger partial charge in [0, 0.05) is 17.2 Å². The van der Waals surface area contributed by atoms with Crippen molar-refractivity contribution in [1.82, 2.24) is 0 Å². The number of methoxy groups -OCH3 is 1. The third kappa shape index (κ3) is 4.63. The third-order valence-corrected chi connectivity index (χ3v) is 3.48. The van der Waals surface area contributed by atoms with Crippen LogP contribution in [0.3, 0.4) is 0 Å². The molecule has 1 rings (SSSR count). The van der Waals surface area contributed by atoms with Crippen molar-refractivity contribution < 1.29 is 19.1 Å². The molecule has 1 aromatic rings. The molecule has 0 spiro atoms. The monoisotopic (exact) mass is 307 g/mol. The lowest BCUT2D eigenvalue weighted by Gasteiger charge is -2.25. The first-order chi connectivity index (χ1) is 9.66. The highest BCUT2D eigenvalue weighted by atomic mass is 28.3. The minimum atomic E-state index is -1.00. The zero-order chi connectivity index (χ0) is 16.2. The van der Waals surface area contributed by atoms with E-state index >= 15 is 0 Å². The van der Waals surface area contributed by atoms with Crippen LogP contribution in [0.25, 0.3) is 6.08 Å². The van der Waals surface area contributed by atoms with Gasteiger partial charge in [0.25, 0.3) is 9.04 Å². The number of carboxylic acids is 1. The molecule has 115 valence electrons. The number of hydrogen-bond donors (Lipinski definition) is 1. The highest BCUT2D eigenvalue weighted by molar-refractivity contribution is 6.49. The number of ether oxygens (including phenoxy) is 1. The Hall–Kier alpha value is -1.75. The van der Waals surface area contributed by atoms with Gasteiger partial charge in [-0.05, 0) is 24.6 Å². The lowest BCUT2D eigenvalue weighted by atomic mass is 9.85. The number of carboxylic acid groups (broad SMARTS) is 1. The molecule has 4 nitrogen and oxygen atoms in total. The SMILES string of the molecule is COc1c(C(C)(C)C)ccc(/C=C/C(=O)O)c1O[Si](C)C. The summed E-state index contributed by atoms with van der Waals surface area (Å²) < 4.78 is 11.5. The first-order valence-electron chi connectivity index (χ1n) is 6.77. The first kappa shape index (κ1) is 17.3. The van der Waals surface area contributed by atoms with E-state index < -0.39 is 15.0 Å². The van der Waals surface area contributed by atoms with Crippen molar-refractivity contribution in [1.29, 1.82) is 0 Å². The van der Waals surface area contributed by atoms with Crippen LogP contribution < -0.4 is 9.16 Å². The van der Waals surface area contributed by atoms with Gasteiger partial charge in [0.1, 0.15) is 0 Å². The standard InChI is InChI=1S/C16H23O4Si/c1-16(2,3)12-9-7-11(8-10-13(17)18)14(15(12)19-4)20-21(5)6/h7-10H,1-6H3,(H,17,18)/b10-8+. The number of rotatable bonds is 5. The molecule has 0 heterocycles. The Labute approximate surface area is 128 Å². The average molecular weight is 307 g/mol. The summed E-state index contributed by atoms with van der Waals surface area (Å²) in [4.78, 5) is 10.7. The summed E-state index contributed by atoms with van der Waals surface area (Å²) in [6.07, 6.45) is 2.65. The molecule has 0 unspecified atom stereocenters. The summed E-state index contributed by atoms with van der Waals surface area (Å²) in [5, 5.41) is 8.81. The van der Waals surface area contributed by atoms with Crippen molar-refractivity contribution in [2.75, 3.05) is 7.11 Å². The van der Waals surface area contributed by atoms with Crippen molar-refractivity contribution in [3.05, 3.63) is 29.3 Å². The van der Waals surface area contributed by atoms with E-state index in [4.69, 9.17) is 14.3 Å². The highest BCUT2D eigenvalue weighted by Gasteiger charge is 2.24. The Morgan fingerprint density at radius 3 is 2.29 bits per heavy atom. The summed E-state index contributed by atoms with van der Waals surface area (Å²) >= 11 is 0. The molecule has 0 bridgehead atoms. The van der Waals surface area contributed by atoms with Crippen LogP contribution in [0, 0.1) is 0 Å². The summed E-state index contributed by atoms with van der Waals surface area (Å²) in [7, 11) is 0.609. The van der Waals surface area contributed by atoms with Gasteiger partial charge >= 0.3 is 5.97 Å². The van der Waals surface area contributed by atoms with Gasteiger partial charge in [-0.25, -0.2) is 4.79 Å². The Morgan fingerprint density at radius 2 is 1.86 bits per heavy atom. The number of carbonyl (C=O) groups is 1. The van der Waals surface area contributed by atoms with E-state index in [0.717, 1.165) is 11.6 Å². The van der Waals surface area contributed by atoms with E-state index in [9.17, 15) is 4.79 Å². The van der Waals surface area contributed by atoms with Gasteiger partial charge in [0.05, 0.1) is 7.11 Å². The smallest absolute Gasteiger partial charge is 0.328 e. The van der Waals surface area contributed by atoms with E-state index in [1.165, 1.54) is 6.08 Å². The second kappa shape index (κ2) is 6.80. The molecule has 0 saturated carbocycles. The molecule has 0 aliphatic rings. The van der Waals surface area contributed by atoms with E-state index in [-0.39, 0.29) is 5.41 Å². The van der Waals surface area contributed by atoms with E-state index in [0.29, 0.717) is 17.1 Å². The van der Waals surface area contributed by atoms with E-state index in [1.54, 1.807) is 7.11 Å². The molecule has 0 aliphatic heterocycles. The van der Waals surface area contributed by atoms with Crippen LogP contribution in [-0.4, -0.2) is 27.2 Å². The van der Waals surface area contributed by atoms with Crippen molar-refractivity contribution in [3.8, 4) is 11.5 Å². The van der Waals surface area contributed by atoms with E-state index in [2.05, 4.69) is 20.8 Å². The van der Waals surface area contributed by atoms with Crippen LogP contribution in [0.2, 0.25) is 13.1 Å². The summed E-state index contributed by atoms with van der Waals surface area (Å²) in [5.74, 6) is 0.320. The van der Waals surface area contributed by atoms with Crippen LogP contribution in [-0.2, 0) is 10.2 Å². The third-order valence-electron chi connectivity index (χ3n) is 2.87. The quantitative estimate of drug-likeness (QED) is 0.665. The average Bonchev–Trinajstić information content (AvgIpc) is 2.34. The molecular formula is C16H23O4Si. The second-order valence-electron chi connectivity index (χ2n) is 6.00. The summed E-state index contributed by atoms with van der Waals surface area (Å²) in [6.45, 7) is 10.4. The Morgan fingerprint density at radius 1 is 1.24 bits per heavy atom. The van der Waals surface area contributed by atoms with Crippen molar-refractivity contribution >= 4 is 21.1 Å². The molecule has 1 N–H and O–H groups in total. The molecule has 0 aromatic heterocycles. The normalized spacial score (nSPS) is 12.0. The lowest BCUT2D eigenvalue weighted by molar-refractivity contribution is -0.131. The fourth-order valence-electron chi connectivity index (χ4n) is 1.97. The highest BCUT2D eigenvalue weighted by Crippen LogP contribution is 2.41. The second-order valence-corrected chi connectivity index (χ2v) is 8.02. The maximum absolute atomic E-state index is 10.7. The van der Waals surface area contributed by atoms with Gasteiger partial charge in [-0.15, -0.1) is 0 Å². The number of benzene rings is 1. The van der Waals surface area contributed by atoms with Gasteiger partial charge < -0.3 is 14.3 Å². The van der Waals surface area contributed by atoms with Crippen LogP contribution in [0.5, 0.6) is 11.5 Å². The van der Waals surface area contributed by atoms with E-state index in [1.807, 2.05) is 25.2 Å². The molecule has 21 heavy (non-hydrogen) atoms. The Bertz CT molecular complexity index is 542. The molecule has 0 fully saturated rings. The maximum Gasteiger partial charge on any atom is 0.328 e. The first-order valence-corrected chi connectivity index (χ1v) is 9.18. The predicted octanol–water partition coefficient (Wildman–Crippen LogP) is 3.72. The van der Waals surface area contributed by atoms with Crippen molar-refractivity contribution in [2.24, 2.45) is 0 Å². The van der Waals surface area contributed by atoms with Crippen LogP contribution in [0.15, 0.2) is 18.2 Å². The molecule has 0 atom stereocenters.